The molecule has 0 amide bonds. The van der Waals surface area contributed by atoms with Crippen molar-refractivity contribution in [2.75, 3.05) is 0 Å². The maximum atomic E-state index is 5.94. The van der Waals surface area contributed by atoms with Crippen molar-refractivity contribution in [2.24, 2.45) is 0 Å². The number of allylic oxidation sites excluding steroid dienone is 2. The lowest BCUT2D eigenvalue weighted by Gasteiger charge is -2.04. The Morgan fingerprint density at radius 1 is 1.42 bits per heavy atom. The van der Waals surface area contributed by atoms with E-state index in [2.05, 4.69) is 28.9 Å². The molecule has 0 fully saturated rings. The summed E-state index contributed by atoms with van der Waals surface area (Å²) in [6, 6.07) is 3.98. The van der Waals surface area contributed by atoms with Crippen LogP contribution in [0.15, 0.2) is 22.7 Å². The normalized spacial score (nSPS) is 14.4. The Morgan fingerprint density at radius 2 is 2.17 bits per heavy atom. The second-order valence-electron chi connectivity index (χ2n) is 3.00. The Balaban J connectivity index is 2.67. The van der Waals surface area contributed by atoms with Crippen LogP contribution >= 0.6 is 27.5 Å². The van der Waals surface area contributed by atoms with E-state index in [-0.39, 0.29) is 0 Å². The first-order valence-electron chi connectivity index (χ1n) is 3.83. The molecule has 0 heterocycles. The molecule has 62 valence electrons. The molecule has 1 aliphatic carbocycles. The van der Waals surface area contributed by atoms with Crippen LogP contribution < -0.4 is 0 Å². The van der Waals surface area contributed by atoms with Crippen LogP contribution in [0.4, 0.5) is 0 Å². The van der Waals surface area contributed by atoms with E-state index in [0.717, 1.165) is 15.9 Å². The molecule has 12 heavy (non-hydrogen) atoms. The summed E-state index contributed by atoms with van der Waals surface area (Å²) in [4.78, 5) is 0. The summed E-state index contributed by atoms with van der Waals surface area (Å²) >= 11 is 9.44. The molecule has 2 rings (SSSR count). The molecule has 0 aromatic heterocycles. The third kappa shape index (κ3) is 1.21. The van der Waals surface area contributed by atoms with Crippen molar-refractivity contribution in [3.05, 3.63) is 38.8 Å². The van der Waals surface area contributed by atoms with Gasteiger partial charge >= 0.3 is 0 Å². The van der Waals surface area contributed by atoms with Crippen LogP contribution in [0.2, 0.25) is 5.02 Å². The Kier molecular flexibility index (Phi) is 2.01. The third-order valence-corrected chi connectivity index (χ3v) is 3.12. The lowest BCUT2D eigenvalue weighted by molar-refractivity contribution is 1.29. The molecule has 2 heteroatoms. The van der Waals surface area contributed by atoms with Gasteiger partial charge in [0.2, 0.25) is 0 Å². The molecule has 0 radical (unpaired) electrons. The van der Waals surface area contributed by atoms with Gasteiger partial charge in [0.05, 0.1) is 0 Å². The zero-order chi connectivity index (χ0) is 8.72. The molecule has 0 nitrogen and oxygen atoms in total. The highest BCUT2D eigenvalue weighted by Gasteiger charge is 2.13. The van der Waals surface area contributed by atoms with Crippen LogP contribution in [0, 0.1) is 0 Å². The predicted octanol–water partition coefficient (Wildman–Crippen LogP) is 4.06. The van der Waals surface area contributed by atoms with Crippen LogP contribution in [0.25, 0.3) is 5.57 Å². The van der Waals surface area contributed by atoms with Gasteiger partial charge in [-0.2, -0.15) is 0 Å². The SMILES string of the molecule is CC1=CCc2c(Br)cc(Cl)cc21. The summed E-state index contributed by atoms with van der Waals surface area (Å²) in [6.45, 7) is 2.12. The lowest BCUT2D eigenvalue weighted by Crippen LogP contribution is -1.84. The van der Waals surface area contributed by atoms with Crippen LogP contribution in [0.5, 0.6) is 0 Å². The van der Waals surface area contributed by atoms with E-state index in [4.69, 9.17) is 11.6 Å². The van der Waals surface area contributed by atoms with E-state index in [1.54, 1.807) is 0 Å². The fourth-order valence-electron chi connectivity index (χ4n) is 1.53. The van der Waals surface area contributed by atoms with E-state index in [1.807, 2.05) is 12.1 Å². The standard InChI is InChI=1S/C10H8BrCl/c1-6-2-3-8-9(6)4-7(12)5-10(8)11/h2,4-5H,3H2,1H3. The molecule has 0 aliphatic heterocycles. The van der Waals surface area contributed by atoms with E-state index < -0.39 is 0 Å². The van der Waals surface area contributed by atoms with Crippen molar-refractivity contribution in [1.82, 2.24) is 0 Å². The quantitative estimate of drug-likeness (QED) is 0.644. The first-order chi connectivity index (χ1) is 5.68. The van der Waals surface area contributed by atoms with Crippen LogP contribution in [0.3, 0.4) is 0 Å². The summed E-state index contributed by atoms with van der Waals surface area (Å²) in [5.41, 5.74) is 3.97. The van der Waals surface area contributed by atoms with Gasteiger partial charge in [0, 0.05) is 9.50 Å². The highest BCUT2D eigenvalue weighted by atomic mass is 79.9. The monoisotopic (exact) mass is 242 g/mol. The summed E-state index contributed by atoms with van der Waals surface area (Å²) in [7, 11) is 0. The molecule has 1 aromatic carbocycles. The molecule has 0 saturated carbocycles. The zero-order valence-corrected chi connectivity index (χ0v) is 9.04. The number of hydrogen-bond donors (Lipinski definition) is 0. The van der Waals surface area contributed by atoms with E-state index >= 15 is 0 Å². The smallest absolute Gasteiger partial charge is 0.0423 e. The molecule has 0 saturated heterocycles. The Morgan fingerprint density at radius 3 is 2.92 bits per heavy atom. The highest BCUT2D eigenvalue weighted by molar-refractivity contribution is 9.10. The van der Waals surface area contributed by atoms with E-state index in [9.17, 15) is 0 Å². The van der Waals surface area contributed by atoms with Gasteiger partial charge in [-0.15, -0.1) is 0 Å². The molecular weight excluding hydrogens is 235 g/mol. The van der Waals surface area contributed by atoms with Gasteiger partial charge in [-0.25, -0.2) is 0 Å². The van der Waals surface area contributed by atoms with E-state index in [1.165, 1.54) is 16.7 Å². The first-order valence-corrected chi connectivity index (χ1v) is 5.00. The minimum atomic E-state index is 0.801. The van der Waals surface area contributed by atoms with Crippen LogP contribution in [-0.4, -0.2) is 0 Å². The third-order valence-electron chi connectivity index (χ3n) is 2.20. The maximum Gasteiger partial charge on any atom is 0.0423 e. The average Bonchev–Trinajstić information content (AvgIpc) is 2.33. The molecule has 0 bridgehead atoms. The number of rotatable bonds is 0. The van der Waals surface area contributed by atoms with Gasteiger partial charge in [-0.05, 0) is 42.2 Å². The molecular formula is C10H8BrCl. The van der Waals surface area contributed by atoms with Gasteiger partial charge in [-0.1, -0.05) is 33.6 Å². The van der Waals surface area contributed by atoms with Gasteiger partial charge < -0.3 is 0 Å². The largest absolute Gasteiger partial charge is 0.0843 e. The van der Waals surface area contributed by atoms with Gasteiger partial charge in [0.1, 0.15) is 0 Å². The van der Waals surface area contributed by atoms with Crippen molar-refractivity contribution in [3.8, 4) is 0 Å². The van der Waals surface area contributed by atoms with Crippen LogP contribution in [-0.2, 0) is 6.42 Å². The Hall–Kier alpha value is -0.270. The summed E-state index contributed by atoms with van der Waals surface area (Å²) in [5.74, 6) is 0. The van der Waals surface area contributed by atoms with Gasteiger partial charge in [0.15, 0.2) is 0 Å². The fraction of sp³-hybridized carbons (Fsp3) is 0.200. The van der Waals surface area contributed by atoms with Gasteiger partial charge in [0.25, 0.3) is 0 Å². The number of benzene rings is 1. The molecule has 0 unspecified atom stereocenters. The summed E-state index contributed by atoms with van der Waals surface area (Å²) < 4.78 is 1.12. The first kappa shape index (κ1) is 8.33. The van der Waals surface area contributed by atoms with Crippen LogP contribution in [0.1, 0.15) is 18.1 Å². The summed E-state index contributed by atoms with van der Waals surface area (Å²) in [6.07, 6.45) is 3.25. The van der Waals surface area contributed by atoms with Crippen molar-refractivity contribution in [1.29, 1.82) is 0 Å². The van der Waals surface area contributed by atoms with Crippen molar-refractivity contribution in [2.45, 2.75) is 13.3 Å². The molecule has 0 N–H and O–H groups in total. The zero-order valence-electron chi connectivity index (χ0n) is 6.70. The highest BCUT2D eigenvalue weighted by Crippen LogP contribution is 2.34. The fourth-order valence-corrected chi connectivity index (χ4v) is 2.50. The molecule has 1 aliphatic rings. The summed E-state index contributed by atoms with van der Waals surface area (Å²) in [5, 5.41) is 0.801. The topological polar surface area (TPSA) is 0 Å². The lowest BCUT2D eigenvalue weighted by atomic mass is 10.1. The van der Waals surface area contributed by atoms with Gasteiger partial charge in [-0.3, -0.25) is 0 Å². The second-order valence-corrected chi connectivity index (χ2v) is 4.30. The molecule has 0 atom stereocenters. The Labute approximate surface area is 85.4 Å². The minimum Gasteiger partial charge on any atom is -0.0843 e. The molecule has 1 aromatic rings. The minimum absolute atomic E-state index is 0.801. The second kappa shape index (κ2) is 2.90. The number of hydrogen-bond acceptors (Lipinski definition) is 0. The van der Waals surface area contributed by atoms with Crippen molar-refractivity contribution >= 4 is 33.1 Å². The Bertz CT molecular complexity index is 366. The maximum absolute atomic E-state index is 5.94. The molecule has 0 spiro atoms. The number of halogens is 2. The van der Waals surface area contributed by atoms with Crippen molar-refractivity contribution < 1.29 is 0 Å². The number of fused-ring (bicyclic) bond motifs is 1. The average molecular weight is 244 g/mol. The predicted molar refractivity (Wildman–Crippen MR) is 56.5 cm³/mol. The van der Waals surface area contributed by atoms with Crippen molar-refractivity contribution in [3.63, 3.8) is 0 Å². The van der Waals surface area contributed by atoms with E-state index in [0.29, 0.717) is 0 Å².